The lowest BCUT2D eigenvalue weighted by Gasteiger charge is -2.10. The van der Waals surface area contributed by atoms with Crippen LogP contribution in [0, 0.1) is 0 Å². The molecule has 2 rings (SSSR count). The highest BCUT2D eigenvalue weighted by molar-refractivity contribution is 7.92. The lowest BCUT2D eigenvalue weighted by molar-refractivity contribution is 0.587. The Hall–Kier alpha value is -1.90. The van der Waals surface area contributed by atoms with Crippen LogP contribution in [0.15, 0.2) is 58.3 Å². The minimum Gasteiger partial charge on any atom is -0.280 e. The lowest BCUT2D eigenvalue weighted by Crippen LogP contribution is -2.19. The topological polar surface area (TPSA) is 92.3 Å². The van der Waals surface area contributed by atoms with Crippen LogP contribution in [0.2, 0.25) is 0 Å². The van der Waals surface area contributed by atoms with Gasteiger partial charge in [0.15, 0.2) is 0 Å². The number of benzene rings is 2. The first-order valence-corrected chi connectivity index (χ1v) is 9.90. The summed E-state index contributed by atoms with van der Waals surface area (Å²) in [5.41, 5.74) is 1.48. The molecule has 0 atom stereocenters. The molecule has 0 heterocycles. The van der Waals surface area contributed by atoms with Crippen molar-refractivity contribution in [1.29, 1.82) is 0 Å². The van der Waals surface area contributed by atoms with Crippen LogP contribution in [-0.4, -0.2) is 23.9 Å². The van der Waals surface area contributed by atoms with E-state index in [1.54, 1.807) is 18.2 Å². The minimum atomic E-state index is -3.77. The summed E-state index contributed by atoms with van der Waals surface area (Å²) in [6, 6.07) is 12.1. The first-order valence-electron chi connectivity index (χ1n) is 6.94. The largest absolute Gasteiger partial charge is 0.280 e. The molecule has 8 heteroatoms. The Kier molecular flexibility index (Phi) is 5.08. The number of sulfonamides is 2. The minimum absolute atomic E-state index is 0.00513. The summed E-state index contributed by atoms with van der Waals surface area (Å²) in [5.74, 6) is 0. The normalized spacial score (nSPS) is 12.1. The van der Waals surface area contributed by atoms with E-state index in [0.717, 1.165) is 12.0 Å². The van der Waals surface area contributed by atoms with Crippen LogP contribution < -0.4 is 9.44 Å². The summed E-state index contributed by atoms with van der Waals surface area (Å²) < 4.78 is 52.7. The first-order chi connectivity index (χ1) is 10.8. The maximum absolute atomic E-state index is 12.4. The van der Waals surface area contributed by atoms with Crippen molar-refractivity contribution < 1.29 is 16.8 Å². The van der Waals surface area contributed by atoms with Crippen molar-refractivity contribution in [3.63, 3.8) is 0 Å². The van der Waals surface area contributed by atoms with Crippen molar-refractivity contribution in [2.45, 2.75) is 23.1 Å². The summed E-state index contributed by atoms with van der Waals surface area (Å²) in [7, 11) is -6.07. The van der Waals surface area contributed by atoms with Crippen LogP contribution in [0.25, 0.3) is 0 Å². The van der Waals surface area contributed by atoms with Gasteiger partial charge in [0.25, 0.3) is 10.0 Å². The van der Waals surface area contributed by atoms with Crippen LogP contribution in [0.3, 0.4) is 0 Å². The number of anilines is 1. The molecule has 0 fully saturated rings. The van der Waals surface area contributed by atoms with Gasteiger partial charge in [0, 0.05) is 5.69 Å². The standard InChI is InChI=1S/C15H18N2O4S2/c1-3-12-5-4-6-13(11-12)17-23(20,21)15-9-7-14(8-10-15)22(18,19)16-2/h4-11,16-17H,3H2,1-2H3. The van der Waals surface area contributed by atoms with Crippen molar-refractivity contribution in [3.8, 4) is 0 Å². The maximum atomic E-state index is 12.4. The molecule has 6 nitrogen and oxygen atoms in total. The Balaban J connectivity index is 2.29. The van der Waals surface area contributed by atoms with Gasteiger partial charge in [-0.3, -0.25) is 4.72 Å². The first kappa shape index (κ1) is 17.5. The second-order valence-corrected chi connectivity index (χ2v) is 8.41. The molecular weight excluding hydrogens is 336 g/mol. The fourth-order valence-electron chi connectivity index (χ4n) is 1.98. The molecule has 0 radical (unpaired) electrons. The van der Waals surface area contributed by atoms with E-state index < -0.39 is 20.0 Å². The van der Waals surface area contributed by atoms with Crippen molar-refractivity contribution in [1.82, 2.24) is 4.72 Å². The van der Waals surface area contributed by atoms with E-state index in [1.807, 2.05) is 13.0 Å². The Morgan fingerprint density at radius 3 is 1.96 bits per heavy atom. The summed E-state index contributed by atoms with van der Waals surface area (Å²) in [4.78, 5) is 0.00128. The molecule has 124 valence electrons. The van der Waals surface area contributed by atoms with Crippen LogP contribution in [0.1, 0.15) is 12.5 Å². The van der Waals surface area contributed by atoms with Crippen molar-refractivity contribution >= 4 is 25.7 Å². The summed E-state index contributed by atoms with van der Waals surface area (Å²) in [6.07, 6.45) is 0.798. The summed E-state index contributed by atoms with van der Waals surface area (Å²) in [6.45, 7) is 1.98. The molecule has 0 unspecified atom stereocenters. The van der Waals surface area contributed by atoms with Gasteiger partial charge in [-0.05, 0) is 55.4 Å². The van der Waals surface area contributed by atoms with Crippen molar-refractivity contribution in [2.24, 2.45) is 0 Å². The van der Waals surface area contributed by atoms with E-state index in [9.17, 15) is 16.8 Å². The molecule has 2 aromatic carbocycles. The summed E-state index contributed by atoms with van der Waals surface area (Å²) in [5, 5.41) is 0. The summed E-state index contributed by atoms with van der Waals surface area (Å²) >= 11 is 0. The molecule has 0 aliphatic carbocycles. The lowest BCUT2D eigenvalue weighted by atomic mass is 10.1. The zero-order valence-corrected chi connectivity index (χ0v) is 14.4. The Labute approximate surface area is 136 Å². The van der Waals surface area contributed by atoms with E-state index in [-0.39, 0.29) is 9.79 Å². The third kappa shape index (κ3) is 4.10. The Morgan fingerprint density at radius 2 is 1.43 bits per heavy atom. The van der Waals surface area contributed by atoms with Gasteiger partial charge >= 0.3 is 0 Å². The number of nitrogens with one attached hydrogen (secondary N) is 2. The highest BCUT2D eigenvalue weighted by Crippen LogP contribution is 2.19. The van der Waals surface area contributed by atoms with Gasteiger partial charge in [0.2, 0.25) is 10.0 Å². The number of hydrogen-bond acceptors (Lipinski definition) is 4. The second kappa shape index (κ2) is 6.69. The number of rotatable bonds is 6. The Morgan fingerprint density at radius 1 is 0.870 bits per heavy atom. The van der Waals surface area contributed by atoms with Gasteiger partial charge in [-0.15, -0.1) is 0 Å². The molecule has 0 spiro atoms. The molecule has 0 bridgehead atoms. The quantitative estimate of drug-likeness (QED) is 0.829. The number of hydrogen-bond donors (Lipinski definition) is 2. The van der Waals surface area contributed by atoms with E-state index in [1.165, 1.54) is 31.3 Å². The Bertz CT molecular complexity index is 889. The average molecular weight is 354 g/mol. The third-order valence-electron chi connectivity index (χ3n) is 3.30. The molecule has 0 aromatic heterocycles. The highest BCUT2D eigenvalue weighted by atomic mass is 32.2. The van der Waals surface area contributed by atoms with Gasteiger partial charge in [-0.2, -0.15) is 0 Å². The van der Waals surface area contributed by atoms with E-state index in [4.69, 9.17) is 0 Å². The molecule has 23 heavy (non-hydrogen) atoms. The molecule has 2 aromatic rings. The fraction of sp³-hybridized carbons (Fsp3) is 0.200. The highest BCUT2D eigenvalue weighted by Gasteiger charge is 2.17. The molecule has 0 aliphatic rings. The molecule has 0 saturated heterocycles. The van der Waals surface area contributed by atoms with Gasteiger partial charge in [-0.1, -0.05) is 19.1 Å². The zero-order valence-electron chi connectivity index (χ0n) is 12.8. The van der Waals surface area contributed by atoms with Gasteiger partial charge in [0.05, 0.1) is 9.79 Å². The van der Waals surface area contributed by atoms with Crippen molar-refractivity contribution in [2.75, 3.05) is 11.8 Å². The fourth-order valence-corrected chi connectivity index (χ4v) is 3.76. The smallest absolute Gasteiger partial charge is 0.261 e. The van der Waals surface area contributed by atoms with E-state index >= 15 is 0 Å². The number of aryl methyl sites for hydroxylation is 1. The molecule has 0 saturated carbocycles. The van der Waals surface area contributed by atoms with Crippen molar-refractivity contribution in [3.05, 3.63) is 54.1 Å². The predicted molar refractivity (Wildman–Crippen MR) is 89.3 cm³/mol. The molecule has 0 amide bonds. The van der Waals surface area contributed by atoms with Crippen LogP contribution in [0.4, 0.5) is 5.69 Å². The zero-order chi connectivity index (χ0) is 17.1. The second-order valence-electron chi connectivity index (χ2n) is 4.84. The van der Waals surface area contributed by atoms with E-state index in [2.05, 4.69) is 9.44 Å². The molecule has 0 aliphatic heterocycles. The predicted octanol–water partition coefficient (Wildman–Crippen LogP) is 1.96. The van der Waals surface area contributed by atoms with Crippen LogP contribution in [-0.2, 0) is 26.5 Å². The maximum Gasteiger partial charge on any atom is 0.261 e. The van der Waals surface area contributed by atoms with Gasteiger partial charge in [-0.25, -0.2) is 21.6 Å². The van der Waals surface area contributed by atoms with Crippen LogP contribution in [0.5, 0.6) is 0 Å². The van der Waals surface area contributed by atoms with E-state index in [0.29, 0.717) is 5.69 Å². The van der Waals surface area contributed by atoms with Crippen LogP contribution >= 0.6 is 0 Å². The monoisotopic (exact) mass is 354 g/mol. The molecular formula is C15H18N2O4S2. The average Bonchev–Trinajstić information content (AvgIpc) is 2.54. The SMILES string of the molecule is CCc1cccc(NS(=O)(=O)c2ccc(S(=O)(=O)NC)cc2)c1. The molecule has 2 N–H and O–H groups in total. The van der Waals surface area contributed by atoms with Gasteiger partial charge < -0.3 is 0 Å². The third-order valence-corrected chi connectivity index (χ3v) is 6.13. The van der Waals surface area contributed by atoms with Gasteiger partial charge in [0.1, 0.15) is 0 Å².